The highest BCUT2D eigenvalue weighted by Crippen LogP contribution is 2.01. The van der Waals surface area contributed by atoms with Crippen LogP contribution in [0.1, 0.15) is 6.92 Å². The Kier molecular flexibility index (Phi) is 3.02. The summed E-state index contributed by atoms with van der Waals surface area (Å²) in [5, 5.41) is 14.9. The molecule has 0 spiro atoms. The fourth-order valence-corrected chi connectivity index (χ4v) is 1.23. The van der Waals surface area contributed by atoms with E-state index in [2.05, 4.69) is 15.4 Å². The zero-order valence-corrected chi connectivity index (χ0v) is 7.20. The quantitative estimate of drug-likeness (QED) is 0.419. The molecule has 0 saturated carbocycles. The van der Waals surface area contributed by atoms with Gasteiger partial charge in [-0.3, -0.25) is 10.1 Å². The summed E-state index contributed by atoms with van der Waals surface area (Å²) in [4.78, 5) is 11.1. The van der Waals surface area contributed by atoms with Crippen molar-refractivity contribution in [3.63, 3.8) is 0 Å². The topological polar surface area (TPSA) is 70.6 Å². The molecule has 1 fully saturated rings. The van der Waals surface area contributed by atoms with Crippen LogP contribution in [0.5, 0.6) is 0 Å². The second kappa shape index (κ2) is 3.84. The van der Waals surface area contributed by atoms with Crippen molar-refractivity contribution in [2.24, 2.45) is 0 Å². The van der Waals surface area contributed by atoms with Crippen molar-refractivity contribution >= 4 is 5.97 Å². The van der Waals surface area contributed by atoms with E-state index < -0.39 is 12.3 Å². The Morgan fingerprint density at radius 2 is 2.33 bits per heavy atom. The van der Waals surface area contributed by atoms with Crippen molar-refractivity contribution in [2.45, 2.75) is 25.2 Å². The number of nitrogens with one attached hydrogen (secondary N) is 2. The molecule has 3 atom stereocenters. The van der Waals surface area contributed by atoms with E-state index in [1.807, 2.05) is 6.92 Å². The van der Waals surface area contributed by atoms with Gasteiger partial charge in [0.1, 0.15) is 12.3 Å². The van der Waals surface area contributed by atoms with Crippen LogP contribution in [0.15, 0.2) is 0 Å². The number of esters is 1. The van der Waals surface area contributed by atoms with Gasteiger partial charge < -0.3 is 15.2 Å². The Morgan fingerprint density at radius 3 is 2.92 bits per heavy atom. The number of carbonyl (C=O) groups excluding carboxylic acids is 1. The van der Waals surface area contributed by atoms with Crippen molar-refractivity contribution in [3.05, 3.63) is 0 Å². The first-order valence-corrected chi connectivity index (χ1v) is 3.90. The number of carbonyl (C=O) groups is 1. The van der Waals surface area contributed by atoms with Gasteiger partial charge in [-0.1, -0.05) is 0 Å². The molecule has 0 bridgehead atoms. The van der Waals surface area contributed by atoms with E-state index in [0.29, 0.717) is 6.54 Å². The number of piperazine rings is 1. The highest BCUT2D eigenvalue weighted by Gasteiger charge is 2.31. The molecule has 5 heteroatoms. The minimum atomic E-state index is -0.676. The van der Waals surface area contributed by atoms with Crippen molar-refractivity contribution in [1.82, 2.24) is 10.6 Å². The molecular formula is C7H14N2O3. The molecule has 3 unspecified atom stereocenters. The molecule has 70 valence electrons. The molecule has 0 amide bonds. The zero-order chi connectivity index (χ0) is 9.14. The van der Waals surface area contributed by atoms with Crippen LogP contribution in [0.4, 0.5) is 0 Å². The third-order valence-corrected chi connectivity index (χ3v) is 1.96. The van der Waals surface area contributed by atoms with Gasteiger partial charge in [0.2, 0.25) is 0 Å². The first kappa shape index (κ1) is 9.44. The SMILES string of the molecule is COC(=O)C1NC(O)CNC1C. The highest BCUT2D eigenvalue weighted by atomic mass is 16.5. The Morgan fingerprint density at radius 1 is 1.67 bits per heavy atom. The Labute approximate surface area is 71.1 Å². The Bertz CT molecular complexity index is 174. The Balaban J connectivity index is 2.54. The molecule has 1 aliphatic heterocycles. The molecule has 1 aliphatic rings. The summed E-state index contributed by atoms with van der Waals surface area (Å²) in [6.45, 7) is 2.31. The van der Waals surface area contributed by atoms with Gasteiger partial charge in [-0.25, -0.2) is 0 Å². The summed E-state index contributed by atoms with van der Waals surface area (Å²) in [7, 11) is 1.33. The molecule has 12 heavy (non-hydrogen) atoms. The summed E-state index contributed by atoms with van der Waals surface area (Å²) in [6, 6.07) is -0.473. The van der Waals surface area contributed by atoms with E-state index in [1.54, 1.807) is 0 Å². The van der Waals surface area contributed by atoms with E-state index in [4.69, 9.17) is 5.11 Å². The first-order chi connectivity index (χ1) is 5.65. The lowest BCUT2D eigenvalue weighted by Crippen LogP contribution is -2.62. The lowest BCUT2D eigenvalue weighted by molar-refractivity contribution is -0.146. The van der Waals surface area contributed by atoms with Crippen molar-refractivity contribution in [3.8, 4) is 0 Å². The summed E-state index contributed by atoms with van der Waals surface area (Å²) in [6.07, 6.45) is -0.676. The van der Waals surface area contributed by atoms with E-state index in [-0.39, 0.29) is 12.0 Å². The standard InChI is InChI=1S/C7H14N2O3/c1-4-6(7(11)12-2)9-5(10)3-8-4/h4-6,8-10H,3H2,1-2H3. The van der Waals surface area contributed by atoms with Crippen LogP contribution in [0.25, 0.3) is 0 Å². The molecule has 0 aromatic carbocycles. The maximum Gasteiger partial charge on any atom is 0.324 e. The predicted octanol–water partition coefficient (Wildman–Crippen LogP) is -1.57. The third-order valence-electron chi connectivity index (χ3n) is 1.96. The Hall–Kier alpha value is -0.650. The highest BCUT2D eigenvalue weighted by molar-refractivity contribution is 5.76. The second-order valence-corrected chi connectivity index (χ2v) is 2.88. The fourth-order valence-electron chi connectivity index (χ4n) is 1.23. The largest absolute Gasteiger partial charge is 0.468 e. The maximum atomic E-state index is 11.1. The molecular weight excluding hydrogens is 160 g/mol. The van der Waals surface area contributed by atoms with Crippen LogP contribution in [-0.2, 0) is 9.53 Å². The molecule has 1 rings (SSSR count). The van der Waals surface area contributed by atoms with Gasteiger partial charge in [0.05, 0.1) is 7.11 Å². The molecule has 1 saturated heterocycles. The van der Waals surface area contributed by atoms with E-state index in [9.17, 15) is 4.79 Å². The van der Waals surface area contributed by atoms with Gasteiger partial charge >= 0.3 is 5.97 Å². The van der Waals surface area contributed by atoms with Crippen LogP contribution in [0, 0.1) is 0 Å². The first-order valence-electron chi connectivity index (χ1n) is 3.90. The smallest absolute Gasteiger partial charge is 0.324 e. The van der Waals surface area contributed by atoms with Crippen molar-refractivity contribution in [1.29, 1.82) is 0 Å². The summed E-state index contributed by atoms with van der Waals surface area (Å²) in [5.41, 5.74) is 0. The molecule has 0 aromatic rings. The minimum absolute atomic E-state index is 0.0131. The average Bonchev–Trinajstić information content (AvgIpc) is 2.08. The molecule has 1 heterocycles. The maximum absolute atomic E-state index is 11.1. The molecule has 0 radical (unpaired) electrons. The zero-order valence-electron chi connectivity index (χ0n) is 7.20. The van der Waals surface area contributed by atoms with Crippen LogP contribution >= 0.6 is 0 Å². The predicted molar refractivity (Wildman–Crippen MR) is 42.4 cm³/mol. The second-order valence-electron chi connectivity index (χ2n) is 2.88. The lowest BCUT2D eigenvalue weighted by atomic mass is 10.1. The van der Waals surface area contributed by atoms with E-state index in [0.717, 1.165) is 0 Å². The van der Waals surface area contributed by atoms with Crippen LogP contribution in [-0.4, -0.2) is 43.0 Å². The number of ether oxygens (including phenoxy) is 1. The molecule has 5 nitrogen and oxygen atoms in total. The number of rotatable bonds is 1. The monoisotopic (exact) mass is 174 g/mol. The number of hydrogen-bond acceptors (Lipinski definition) is 5. The van der Waals surface area contributed by atoms with Crippen LogP contribution in [0.2, 0.25) is 0 Å². The molecule has 0 aromatic heterocycles. The van der Waals surface area contributed by atoms with E-state index in [1.165, 1.54) is 7.11 Å². The van der Waals surface area contributed by atoms with Gasteiger partial charge in [0.15, 0.2) is 0 Å². The van der Waals surface area contributed by atoms with Crippen LogP contribution in [0.3, 0.4) is 0 Å². The van der Waals surface area contributed by atoms with Gasteiger partial charge in [0, 0.05) is 12.6 Å². The number of β-amino-alcohol motifs (C(OH)–C–C–N with tert-alkyl or cyclic N) is 1. The number of aliphatic hydroxyl groups is 1. The number of methoxy groups -OCH3 is 1. The number of aliphatic hydroxyl groups excluding tert-OH is 1. The summed E-state index contributed by atoms with van der Waals surface area (Å²) >= 11 is 0. The summed E-state index contributed by atoms with van der Waals surface area (Å²) < 4.78 is 4.56. The van der Waals surface area contributed by atoms with Gasteiger partial charge in [0.25, 0.3) is 0 Å². The van der Waals surface area contributed by atoms with Gasteiger partial charge in [-0.15, -0.1) is 0 Å². The third kappa shape index (κ3) is 1.94. The van der Waals surface area contributed by atoms with Gasteiger partial charge in [-0.2, -0.15) is 0 Å². The van der Waals surface area contributed by atoms with Gasteiger partial charge in [-0.05, 0) is 6.92 Å². The molecule has 3 N–H and O–H groups in total. The lowest BCUT2D eigenvalue weighted by Gasteiger charge is -2.32. The van der Waals surface area contributed by atoms with Crippen LogP contribution < -0.4 is 10.6 Å². The summed E-state index contributed by atoms with van der Waals surface area (Å²) in [5.74, 6) is -0.353. The van der Waals surface area contributed by atoms with Crippen molar-refractivity contribution < 1.29 is 14.6 Å². The normalized spacial score (nSPS) is 36.1. The minimum Gasteiger partial charge on any atom is -0.468 e. The van der Waals surface area contributed by atoms with Crippen molar-refractivity contribution in [2.75, 3.05) is 13.7 Å². The number of hydrogen-bond donors (Lipinski definition) is 3. The fraction of sp³-hybridized carbons (Fsp3) is 0.857. The van der Waals surface area contributed by atoms with E-state index >= 15 is 0 Å². The molecule has 0 aliphatic carbocycles. The average molecular weight is 174 g/mol.